The lowest BCUT2D eigenvalue weighted by Crippen LogP contribution is -2.37. The molecule has 0 spiro atoms. The number of carbonyl (C=O) groups is 1. The van der Waals surface area contributed by atoms with Crippen molar-refractivity contribution >= 4 is 44.8 Å². The maximum Gasteiger partial charge on any atom is 0.255 e. The van der Waals surface area contributed by atoms with Crippen LogP contribution in [0.25, 0.3) is 0 Å². The van der Waals surface area contributed by atoms with Crippen molar-refractivity contribution in [1.82, 2.24) is 0 Å². The number of carbonyl (C=O) groups excluding carboxylic acids is 1. The highest BCUT2D eigenvalue weighted by Crippen LogP contribution is 2.26. The van der Waals surface area contributed by atoms with Crippen molar-refractivity contribution in [2.45, 2.75) is 6.92 Å². The van der Waals surface area contributed by atoms with Gasteiger partial charge in [-0.1, -0.05) is 17.7 Å². The number of sulfonamides is 1. The van der Waals surface area contributed by atoms with E-state index < -0.39 is 21.8 Å². The highest BCUT2D eigenvalue weighted by Gasteiger charge is 2.25. The molecular weight excluding hydrogens is 285 g/mol. The first-order chi connectivity index (χ1) is 7.77. The minimum absolute atomic E-state index is 0.227. The Morgan fingerprint density at radius 1 is 1.41 bits per heavy atom. The Bertz CT molecular complexity index is 542. The zero-order chi connectivity index (χ0) is 13.2. The van der Waals surface area contributed by atoms with Gasteiger partial charge in [0.25, 0.3) is 5.91 Å². The standard InChI is InChI=1S/C10H11Cl2NO3S/c1-7-3-4-8(12)5-9(7)13(10(14)6-11)17(2,15)16/h3-5H,6H2,1-2H3. The van der Waals surface area contributed by atoms with Crippen molar-refractivity contribution < 1.29 is 13.2 Å². The fourth-order valence-electron chi connectivity index (χ4n) is 1.35. The van der Waals surface area contributed by atoms with Crippen LogP contribution in [0, 0.1) is 6.92 Å². The SMILES string of the molecule is Cc1ccc(Cl)cc1N(C(=O)CCl)S(C)(=O)=O. The Morgan fingerprint density at radius 2 is 2.00 bits per heavy atom. The van der Waals surface area contributed by atoms with Crippen LogP contribution >= 0.6 is 23.2 Å². The summed E-state index contributed by atoms with van der Waals surface area (Å²) in [6.45, 7) is 1.69. The predicted octanol–water partition coefficient (Wildman–Crippen LogP) is 2.18. The van der Waals surface area contributed by atoms with Gasteiger partial charge < -0.3 is 0 Å². The zero-order valence-corrected chi connectivity index (χ0v) is 11.6. The Balaban J connectivity index is 3.42. The predicted molar refractivity (Wildman–Crippen MR) is 69.2 cm³/mol. The number of nitrogens with zero attached hydrogens (tertiary/aromatic N) is 1. The fraction of sp³-hybridized carbons (Fsp3) is 0.300. The largest absolute Gasteiger partial charge is 0.272 e. The minimum Gasteiger partial charge on any atom is -0.272 e. The van der Waals surface area contributed by atoms with Crippen molar-refractivity contribution in [1.29, 1.82) is 0 Å². The molecule has 0 fully saturated rings. The molecule has 94 valence electrons. The van der Waals surface area contributed by atoms with Crippen LogP contribution in [0.15, 0.2) is 18.2 Å². The molecule has 7 heteroatoms. The van der Waals surface area contributed by atoms with Gasteiger partial charge in [0.1, 0.15) is 5.88 Å². The highest BCUT2D eigenvalue weighted by atomic mass is 35.5. The highest BCUT2D eigenvalue weighted by molar-refractivity contribution is 7.92. The van der Waals surface area contributed by atoms with Crippen molar-refractivity contribution in [3.8, 4) is 0 Å². The Labute approximate surface area is 110 Å². The molecule has 0 aliphatic heterocycles. The first-order valence-corrected chi connectivity index (χ1v) is 7.38. The Hall–Kier alpha value is -0.780. The van der Waals surface area contributed by atoms with Gasteiger partial charge in [0.05, 0.1) is 11.9 Å². The Morgan fingerprint density at radius 3 is 2.47 bits per heavy atom. The van der Waals surface area contributed by atoms with Crippen LogP contribution in [0.4, 0.5) is 5.69 Å². The molecule has 0 aromatic heterocycles. The first kappa shape index (κ1) is 14.3. The second-order valence-corrected chi connectivity index (χ2v) is 6.02. The van der Waals surface area contributed by atoms with Crippen LogP contribution in [0.5, 0.6) is 0 Å². The summed E-state index contributed by atoms with van der Waals surface area (Å²) < 4.78 is 23.9. The molecule has 0 radical (unpaired) electrons. The van der Waals surface area contributed by atoms with E-state index in [0.717, 1.165) is 6.26 Å². The second-order valence-electron chi connectivity index (χ2n) is 3.49. The van der Waals surface area contributed by atoms with Crippen LogP contribution in [0.2, 0.25) is 5.02 Å². The van der Waals surface area contributed by atoms with Gasteiger partial charge in [-0.3, -0.25) is 4.79 Å². The summed E-state index contributed by atoms with van der Waals surface area (Å²) in [4.78, 5) is 11.6. The molecule has 0 unspecified atom stereocenters. The van der Waals surface area contributed by atoms with Gasteiger partial charge in [-0.25, -0.2) is 12.7 Å². The van der Waals surface area contributed by atoms with E-state index in [-0.39, 0.29) is 5.69 Å². The summed E-state index contributed by atoms with van der Waals surface area (Å²) >= 11 is 11.2. The summed E-state index contributed by atoms with van der Waals surface area (Å²) in [6, 6.07) is 4.67. The zero-order valence-electron chi connectivity index (χ0n) is 9.28. The van der Waals surface area contributed by atoms with E-state index >= 15 is 0 Å². The van der Waals surface area contributed by atoms with E-state index in [2.05, 4.69) is 0 Å². The number of halogens is 2. The van der Waals surface area contributed by atoms with E-state index in [0.29, 0.717) is 14.9 Å². The van der Waals surface area contributed by atoms with Gasteiger partial charge in [0, 0.05) is 5.02 Å². The van der Waals surface area contributed by atoms with Crippen molar-refractivity contribution in [3.63, 3.8) is 0 Å². The first-order valence-electron chi connectivity index (χ1n) is 4.62. The van der Waals surface area contributed by atoms with Gasteiger partial charge in [-0.15, -0.1) is 11.6 Å². The van der Waals surface area contributed by atoms with Crippen molar-refractivity contribution in [2.75, 3.05) is 16.4 Å². The quantitative estimate of drug-likeness (QED) is 0.803. The maximum absolute atomic E-state index is 11.6. The molecule has 0 saturated carbocycles. The Kier molecular flexibility index (Phi) is 4.41. The molecular formula is C10H11Cl2NO3S. The van der Waals surface area contributed by atoms with Gasteiger partial charge in [-0.05, 0) is 24.6 Å². The fourth-order valence-corrected chi connectivity index (χ4v) is 2.70. The summed E-state index contributed by atoms with van der Waals surface area (Å²) in [7, 11) is -3.73. The molecule has 0 bridgehead atoms. The van der Waals surface area contributed by atoms with Gasteiger partial charge >= 0.3 is 0 Å². The molecule has 0 aliphatic rings. The van der Waals surface area contributed by atoms with Crippen LogP contribution < -0.4 is 4.31 Å². The topological polar surface area (TPSA) is 54.5 Å². The number of amides is 1. The molecule has 1 aromatic carbocycles. The molecule has 1 aromatic rings. The number of rotatable bonds is 3. The lowest BCUT2D eigenvalue weighted by molar-refractivity contribution is -0.115. The summed E-state index contributed by atoms with van der Waals surface area (Å²) in [5, 5.41) is 0.349. The molecule has 0 heterocycles. The van der Waals surface area contributed by atoms with Crippen LogP contribution in [-0.2, 0) is 14.8 Å². The van der Waals surface area contributed by atoms with E-state index in [4.69, 9.17) is 23.2 Å². The normalized spacial score (nSPS) is 11.3. The van der Waals surface area contributed by atoms with Crippen LogP contribution in [0.1, 0.15) is 5.56 Å². The van der Waals surface area contributed by atoms with E-state index in [1.165, 1.54) is 6.07 Å². The molecule has 17 heavy (non-hydrogen) atoms. The number of hydrogen-bond donors (Lipinski definition) is 0. The van der Waals surface area contributed by atoms with E-state index in [9.17, 15) is 13.2 Å². The number of benzene rings is 1. The number of anilines is 1. The van der Waals surface area contributed by atoms with Crippen molar-refractivity contribution in [2.24, 2.45) is 0 Å². The van der Waals surface area contributed by atoms with Gasteiger partial charge in [0.15, 0.2) is 0 Å². The third-order valence-electron chi connectivity index (χ3n) is 2.06. The van der Waals surface area contributed by atoms with Crippen LogP contribution in [0.3, 0.4) is 0 Å². The average Bonchev–Trinajstić information content (AvgIpc) is 2.21. The third kappa shape index (κ3) is 3.34. The van der Waals surface area contributed by atoms with Gasteiger partial charge in [-0.2, -0.15) is 0 Å². The molecule has 0 aliphatic carbocycles. The average molecular weight is 296 g/mol. The summed E-state index contributed by atoms with van der Waals surface area (Å²) in [5.41, 5.74) is 0.851. The molecule has 1 rings (SSSR count). The smallest absolute Gasteiger partial charge is 0.255 e. The molecule has 0 atom stereocenters. The van der Waals surface area contributed by atoms with Crippen LogP contribution in [-0.4, -0.2) is 26.5 Å². The number of alkyl halides is 1. The van der Waals surface area contributed by atoms with Crippen molar-refractivity contribution in [3.05, 3.63) is 28.8 Å². The monoisotopic (exact) mass is 295 g/mol. The van der Waals surface area contributed by atoms with E-state index in [1.54, 1.807) is 19.1 Å². The second kappa shape index (κ2) is 5.25. The maximum atomic E-state index is 11.6. The molecule has 4 nitrogen and oxygen atoms in total. The lowest BCUT2D eigenvalue weighted by atomic mass is 10.2. The third-order valence-corrected chi connectivity index (χ3v) is 3.59. The summed E-state index contributed by atoms with van der Waals surface area (Å²) in [6.07, 6.45) is 0.942. The van der Waals surface area contributed by atoms with E-state index in [1.807, 2.05) is 0 Å². The number of hydrogen-bond acceptors (Lipinski definition) is 3. The minimum atomic E-state index is -3.73. The lowest BCUT2D eigenvalue weighted by Gasteiger charge is -2.21. The molecule has 0 N–H and O–H groups in total. The number of aryl methyl sites for hydroxylation is 1. The molecule has 0 saturated heterocycles. The van der Waals surface area contributed by atoms with Gasteiger partial charge in [0.2, 0.25) is 10.0 Å². The summed E-state index contributed by atoms with van der Waals surface area (Å²) in [5.74, 6) is -1.13. The molecule has 1 amide bonds.